The van der Waals surface area contributed by atoms with Gasteiger partial charge in [0.2, 0.25) is 0 Å². The zero-order chi connectivity index (χ0) is 13.1. The molecule has 0 spiro atoms. The summed E-state index contributed by atoms with van der Waals surface area (Å²) < 4.78 is 0. The van der Waals surface area contributed by atoms with Crippen molar-refractivity contribution in [2.24, 2.45) is 5.73 Å². The molecular weight excluding hydrogens is 244 g/mol. The van der Waals surface area contributed by atoms with E-state index < -0.39 is 0 Å². The molecule has 1 aromatic carbocycles. The number of halogens is 1. The standard InChI is InChI=1S/C15H21ClN2/c1-3-9-18-14(11(2)17)7-8-15(18)12-5-4-6-13(16)10-12/h3-6,10-11,14-15H,1,7-9,17H2,2H3/t11-,14+,15-/m0/s1. The van der Waals surface area contributed by atoms with Crippen LogP contribution in [0.2, 0.25) is 5.02 Å². The lowest BCUT2D eigenvalue weighted by molar-refractivity contribution is 0.197. The Labute approximate surface area is 114 Å². The molecule has 0 saturated carbocycles. The van der Waals surface area contributed by atoms with Gasteiger partial charge in [0.05, 0.1) is 0 Å². The molecule has 2 N–H and O–H groups in total. The van der Waals surface area contributed by atoms with Gasteiger partial charge in [-0.15, -0.1) is 6.58 Å². The summed E-state index contributed by atoms with van der Waals surface area (Å²) in [5.74, 6) is 0. The monoisotopic (exact) mass is 264 g/mol. The highest BCUT2D eigenvalue weighted by atomic mass is 35.5. The Morgan fingerprint density at radius 2 is 2.33 bits per heavy atom. The molecule has 2 nitrogen and oxygen atoms in total. The van der Waals surface area contributed by atoms with Gasteiger partial charge in [0.1, 0.15) is 0 Å². The first kappa shape index (κ1) is 13.6. The second-order valence-electron chi connectivity index (χ2n) is 5.06. The van der Waals surface area contributed by atoms with Gasteiger partial charge in [-0.3, -0.25) is 4.90 Å². The van der Waals surface area contributed by atoms with E-state index in [-0.39, 0.29) is 6.04 Å². The van der Waals surface area contributed by atoms with Gasteiger partial charge in [-0.25, -0.2) is 0 Å². The molecule has 18 heavy (non-hydrogen) atoms. The summed E-state index contributed by atoms with van der Waals surface area (Å²) in [6.07, 6.45) is 4.24. The number of rotatable bonds is 4. The Bertz CT molecular complexity index is 417. The van der Waals surface area contributed by atoms with E-state index in [2.05, 4.69) is 30.5 Å². The van der Waals surface area contributed by atoms with Gasteiger partial charge in [-0.1, -0.05) is 29.8 Å². The fraction of sp³-hybridized carbons (Fsp3) is 0.467. The molecule has 0 unspecified atom stereocenters. The average Bonchev–Trinajstić information content (AvgIpc) is 2.73. The van der Waals surface area contributed by atoms with E-state index in [4.69, 9.17) is 17.3 Å². The fourth-order valence-corrected chi connectivity index (χ4v) is 3.14. The number of hydrogen-bond acceptors (Lipinski definition) is 2. The third-order valence-corrected chi connectivity index (χ3v) is 3.98. The van der Waals surface area contributed by atoms with Crippen LogP contribution in [0.1, 0.15) is 31.4 Å². The molecule has 3 atom stereocenters. The lowest BCUT2D eigenvalue weighted by Gasteiger charge is -2.31. The van der Waals surface area contributed by atoms with Crippen molar-refractivity contribution in [2.75, 3.05) is 6.54 Å². The topological polar surface area (TPSA) is 29.3 Å². The minimum atomic E-state index is 0.189. The van der Waals surface area contributed by atoms with Crippen LogP contribution in [0.15, 0.2) is 36.9 Å². The number of benzene rings is 1. The Kier molecular flexibility index (Phi) is 4.44. The van der Waals surface area contributed by atoms with Crippen molar-refractivity contribution in [1.82, 2.24) is 4.90 Å². The maximum atomic E-state index is 6.09. The fourth-order valence-electron chi connectivity index (χ4n) is 2.94. The van der Waals surface area contributed by atoms with Crippen LogP contribution in [-0.4, -0.2) is 23.5 Å². The first-order valence-corrected chi connectivity index (χ1v) is 6.89. The zero-order valence-electron chi connectivity index (χ0n) is 10.8. The maximum absolute atomic E-state index is 6.09. The molecular formula is C15H21ClN2. The summed E-state index contributed by atoms with van der Waals surface area (Å²) in [6.45, 7) is 6.82. The van der Waals surface area contributed by atoms with E-state index in [1.165, 1.54) is 5.56 Å². The Hall–Kier alpha value is -0.830. The zero-order valence-corrected chi connectivity index (χ0v) is 11.6. The molecule has 2 rings (SSSR count). The molecule has 0 aromatic heterocycles. The smallest absolute Gasteiger partial charge is 0.0409 e. The van der Waals surface area contributed by atoms with Gasteiger partial charge in [0.25, 0.3) is 0 Å². The van der Waals surface area contributed by atoms with Gasteiger partial charge in [-0.05, 0) is 37.5 Å². The van der Waals surface area contributed by atoms with Gasteiger partial charge >= 0.3 is 0 Å². The average molecular weight is 265 g/mol. The van der Waals surface area contributed by atoms with E-state index in [1.807, 2.05) is 18.2 Å². The number of hydrogen-bond donors (Lipinski definition) is 1. The maximum Gasteiger partial charge on any atom is 0.0409 e. The normalized spacial score (nSPS) is 26.2. The predicted octanol–water partition coefficient (Wildman–Crippen LogP) is 3.38. The van der Waals surface area contributed by atoms with Crippen molar-refractivity contribution in [2.45, 2.75) is 37.9 Å². The van der Waals surface area contributed by atoms with Gasteiger partial charge in [-0.2, -0.15) is 0 Å². The first-order chi connectivity index (χ1) is 8.63. The predicted molar refractivity (Wildman–Crippen MR) is 77.8 cm³/mol. The highest BCUT2D eigenvalue weighted by Crippen LogP contribution is 2.37. The lowest BCUT2D eigenvalue weighted by atomic mass is 10.0. The van der Waals surface area contributed by atoms with Crippen molar-refractivity contribution in [1.29, 1.82) is 0 Å². The van der Waals surface area contributed by atoms with Gasteiger partial charge in [0, 0.05) is 29.7 Å². The van der Waals surface area contributed by atoms with E-state index >= 15 is 0 Å². The Balaban J connectivity index is 2.24. The lowest BCUT2D eigenvalue weighted by Crippen LogP contribution is -2.43. The van der Waals surface area contributed by atoms with Crippen molar-refractivity contribution in [3.05, 3.63) is 47.5 Å². The van der Waals surface area contributed by atoms with Crippen LogP contribution in [0.3, 0.4) is 0 Å². The van der Waals surface area contributed by atoms with Crippen molar-refractivity contribution in [3.8, 4) is 0 Å². The molecule has 0 radical (unpaired) electrons. The summed E-state index contributed by atoms with van der Waals surface area (Å²) in [7, 11) is 0. The molecule has 3 heteroatoms. The second-order valence-corrected chi connectivity index (χ2v) is 5.50. The minimum absolute atomic E-state index is 0.189. The quantitative estimate of drug-likeness (QED) is 0.845. The molecule has 0 aliphatic carbocycles. The van der Waals surface area contributed by atoms with E-state index in [1.54, 1.807) is 0 Å². The van der Waals surface area contributed by atoms with Crippen LogP contribution in [0, 0.1) is 0 Å². The SMILES string of the molecule is C=CCN1[C@@H]([C@H](C)N)CC[C@H]1c1cccc(Cl)c1. The molecule has 1 fully saturated rings. The summed E-state index contributed by atoms with van der Waals surface area (Å²) in [5.41, 5.74) is 7.37. The molecule has 1 aliphatic rings. The number of nitrogens with two attached hydrogens (primary N) is 1. The van der Waals surface area contributed by atoms with E-state index in [0.717, 1.165) is 24.4 Å². The molecule has 0 bridgehead atoms. The summed E-state index contributed by atoms with van der Waals surface area (Å²) in [6, 6.07) is 9.19. The first-order valence-electron chi connectivity index (χ1n) is 6.51. The largest absolute Gasteiger partial charge is 0.327 e. The highest BCUT2D eigenvalue weighted by molar-refractivity contribution is 6.30. The molecule has 1 aromatic rings. The molecule has 0 amide bonds. The highest BCUT2D eigenvalue weighted by Gasteiger charge is 2.35. The van der Waals surface area contributed by atoms with E-state index in [0.29, 0.717) is 12.1 Å². The number of nitrogens with zero attached hydrogens (tertiary/aromatic N) is 1. The molecule has 98 valence electrons. The van der Waals surface area contributed by atoms with Crippen LogP contribution in [0.25, 0.3) is 0 Å². The second kappa shape index (κ2) is 5.87. The van der Waals surface area contributed by atoms with Crippen LogP contribution in [-0.2, 0) is 0 Å². The third kappa shape index (κ3) is 2.77. The van der Waals surface area contributed by atoms with Crippen LogP contribution in [0.5, 0.6) is 0 Å². The van der Waals surface area contributed by atoms with Crippen molar-refractivity contribution >= 4 is 11.6 Å². The van der Waals surface area contributed by atoms with Crippen LogP contribution < -0.4 is 5.73 Å². The van der Waals surface area contributed by atoms with Gasteiger partial charge in [0.15, 0.2) is 0 Å². The van der Waals surface area contributed by atoms with Crippen molar-refractivity contribution < 1.29 is 0 Å². The van der Waals surface area contributed by atoms with E-state index in [9.17, 15) is 0 Å². The van der Waals surface area contributed by atoms with Gasteiger partial charge < -0.3 is 5.73 Å². The molecule has 1 saturated heterocycles. The summed E-state index contributed by atoms with van der Waals surface area (Å²) in [4.78, 5) is 2.45. The Morgan fingerprint density at radius 3 is 2.94 bits per heavy atom. The number of likely N-dealkylation sites (tertiary alicyclic amines) is 1. The summed E-state index contributed by atoms with van der Waals surface area (Å²) >= 11 is 6.08. The molecule has 1 heterocycles. The van der Waals surface area contributed by atoms with Crippen molar-refractivity contribution in [3.63, 3.8) is 0 Å². The van der Waals surface area contributed by atoms with Crippen LogP contribution in [0.4, 0.5) is 0 Å². The van der Waals surface area contributed by atoms with Crippen LogP contribution >= 0.6 is 11.6 Å². The Morgan fingerprint density at radius 1 is 1.56 bits per heavy atom. The summed E-state index contributed by atoms with van der Waals surface area (Å²) in [5, 5.41) is 0.801. The molecule has 1 aliphatic heterocycles. The minimum Gasteiger partial charge on any atom is -0.327 e. The third-order valence-electron chi connectivity index (χ3n) is 3.74.